The third-order valence-electron chi connectivity index (χ3n) is 4.65. The molecule has 28 heavy (non-hydrogen) atoms. The average molecular weight is 378 g/mol. The van der Waals surface area contributed by atoms with Crippen LogP contribution in [0.3, 0.4) is 0 Å². The molecule has 138 valence electrons. The number of carbonyl (C=O) groups is 1. The minimum atomic E-state index is -0.575. The molecule has 0 radical (unpaired) electrons. The molecule has 2 aromatic carbocycles. The van der Waals surface area contributed by atoms with E-state index >= 15 is 0 Å². The number of benzene rings is 2. The summed E-state index contributed by atoms with van der Waals surface area (Å²) in [5.74, 6) is -0.931. The van der Waals surface area contributed by atoms with Crippen LogP contribution in [-0.4, -0.2) is 25.7 Å². The zero-order valence-corrected chi connectivity index (χ0v) is 14.5. The van der Waals surface area contributed by atoms with Crippen LogP contribution in [0.25, 0.3) is 33.5 Å². The number of aryl methyl sites for hydroxylation is 1. The number of nitrogens with zero attached hydrogens (tertiary/aromatic N) is 4. The maximum absolute atomic E-state index is 14.1. The molecule has 0 fully saturated rings. The van der Waals surface area contributed by atoms with Crippen LogP contribution >= 0.6 is 0 Å². The molecular weight excluding hydrogens is 366 g/mol. The second-order valence-electron chi connectivity index (χ2n) is 6.35. The highest BCUT2D eigenvalue weighted by Crippen LogP contribution is 2.42. The van der Waals surface area contributed by atoms with Gasteiger partial charge in [0.05, 0.1) is 28.0 Å². The summed E-state index contributed by atoms with van der Waals surface area (Å²) >= 11 is 0. The summed E-state index contributed by atoms with van der Waals surface area (Å²) in [5, 5.41) is 4.59. The number of pyridine rings is 1. The number of hydrogen-bond acceptors (Lipinski definition) is 5. The summed E-state index contributed by atoms with van der Waals surface area (Å²) in [6.45, 7) is 0. The fourth-order valence-electron chi connectivity index (χ4n) is 3.41. The second kappa shape index (κ2) is 5.81. The van der Waals surface area contributed by atoms with E-state index < -0.39 is 11.7 Å². The van der Waals surface area contributed by atoms with E-state index in [0.717, 1.165) is 0 Å². The van der Waals surface area contributed by atoms with Crippen LogP contribution in [0.4, 0.5) is 14.5 Å². The van der Waals surface area contributed by atoms with Gasteiger partial charge in [-0.1, -0.05) is 0 Å². The number of rotatable bonds is 2. The van der Waals surface area contributed by atoms with E-state index in [0.29, 0.717) is 39.2 Å². The maximum atomic E-state index is 14.1. The minimum Gasteiger partial charge on any atom is -0.297 e. The molecule has 2 aromatic heterocycles. The van der Waals surface area contributed by atoms with Crippen LogP contribution in [0.2, 0.25) is 0 Å². The minimum absolute atomic E-state index is 0.172. The Labute approximate surface area is 157 Å². The number of hydrogen-bond donors (Lipinski definition) is 2. The Balaban J connectivity index is 1.95. The molecule has 0 bridgehead atoms. The first kappa shape index (κ1) is 16.3. The van der Waals surface area contributed by atoms with Gasteiger partial charge in [-0.15, -0.1) is 0 Å². The molecule has 1 aliphatic rings. The largest absolute Gasteiger partial charge is 0.297 e. The lowest BCUT2D eigenvalue weighted by molar-refractivity contribution is 0.0962. The molecule has 5 rings (SSSR count). The number of halogens is 2. The van der Waals surface area contributed by atoms with Crippen molar-refractivity contribution >= 4 is 22.5 Å². The molecule has 0 spiro atoms. The Hall–Kier alpha value is -3.88. The Morgan fingerprint density at radius 1 is 1.04 bits per heavy atom. The summed E-state index contributed by atoms with van der Waals surface area (Å²) in [5.41, 5.74) is 8.05. The molecule has 0 aliphatic carbocycles. The van der Waals surface area contributed by atoms with Gasteiger partial charge in [0.2, 0.25) is 0 Å². The molecule has 0 saturated heterocycles. The lowest BCUT2D eigenvalue weighted by Gasteiger charge is -2.23. The van der Waals surface area contributed by atoms with Gasteiger partial charge in [0.25, 0.3) is 5.91 Å². The first-order valence-electron chi connectivity index (χ1n) is 8.37. The molecule has 0 unspecified atom stereocenters. The molecule has 3 heterocycles. The van der Waals surface area contributed by atoms with Gasteiger partial charge >= 0.3 is 0 Å². The van der Waals surface area contributed by atoms with Crippen LogP contribution in [0.15, 0.2) is 42.7 Å². The van der Waals surface area contributed by atoms with Crippen molar-refractivity contribution in [3.05, 3.63) is 59.9 Å². The van der Waals surface area contributed by atoms with Crippen LogP contribution in [-0.2, 0) is 7.05 Å². The normalized spacial score (nSPS) is 12.8. The Kier molecular flexibility index (Phi) is 3.38. The summed E-state index contributed by atoms with van der Waals surface area (Å²) < 4.78 is 29.1. The van der Waals surface area contributed by atoms with Crippen molar-refractivity contribution in [2.75, 3.05) is 5.43 Å². The Morgan fingerprint density at radius 2 is 1.82 bits per heavy atom. The number of amides is 1. The molecule has 2 N–H and O–H groups in total. The van der Waals surface area contributed by atoms with Crippen LogP contribution in [0, 0.1) is 11.6 Å². The molecule has 1 aliphatic heterocycles. The number of aromatic nitrogens is 4. The third kappa shape index (κ3) is 2.33. The highest BCUT2D eigenvalue weighted by atomic mass is 19.1. The number of carbonyl (C=O) groups excluding carboxylic acids is 1. The Morgan fingerprint density at radius 3 is 2.54 bits per heavy atom. The van der Waals surface area contributed by atoms with Gasteiger partial charge in [-0.3, -0.25) is 15.6 Å². The summed E-state index contributed by atoms with van der Waals surface area (Å²) in [6.07, 6.45) is 1.40. The fourth-order valence-corrected chi connectivity index (χ4v) is 3.41. The first-order chi connectivity index (χ1) is 13.5. The Bertz CT molecular complexity index is 1270. The van der Waals surface area contributed by atoms with Gasteiger partial charge in [-0.2, -0.15) is 5.10 Å². The highest BCUT2D eigenvalue weighted by molar-refractivity contribution is 6.17. The molecule has 1 amide bonds. The van der Waals surface area contributed by atoms with E-state index in [4.69, 9.17) is 0 Å². The van der Waals surface area contributed by atoms with E-state index in [9.17, 15) is 13.6 Å². The smallest absolute Gasteiger partial charge is 0.270 e. The van der Waals surface area contributed by atoms with Crippen molar-refractivity contribution in [2.24, 2.45) is 7.05 Å². The molecule has 7 nitrogen and oxygen atoms in total. The van der Waals surface area contributed by atoms with Gasteiger partial charge in [-0.05, 0) is 30.3 Å². The molecule has 9 heteroatoms. The van der Waals surface area contributed by atoms with E-state index in [-0.39, 0.29) is 11.4 Å². The number of hydrazine groups is 1. The summed E-state index contributed by atoms with van der Waals surface area (Å²) in [7, 11) is 1.72. The van der Waals surface area contributed by atoms with Crippen molar-refractivity contribution < 1.29 is 13.6 Å². The van der Waals surface area contributed by atoms with Gasteiger partial charge in [0.1, 0.15) is 18.0 Å². The van der Waals surface area contributed by atoms with Crippen molar-refractivity contribution in [1.29, 1.82) is 0 Å². The predicted molar refractivity (Wildman–Crippen MR) is 98.2 cm³/mol. The lowest BCUT2D eigenvalue weighted by Crippen LogP contribution is -2.34. The van der Waals surface area contributed by atoms with Gasteiger partial charge in [0, 0.05) is 24.1 Å². The summed E-state index contributed by atoms with van der Waals surface area (Å²) in [6, 6.07) is 8.23. The standard InChI is InChI=1S/C19H12F2N6O/c1-27-18(22-8-23-27)15-16(9-2-4-10(20)5-3-9)24-13-7-11(21)6-12-14(13)17(15)25-26-19(12)28/h2-8,25H,1H3,(H,26,28). The SMILES string of the molecule is Cn1ncnc1-c1c(-c2ccc(F)cc2)nc2cc(F)cc3c2c1NNC3=O. The first-order valence-corrected chi connectivity index (χ1v) is 8.37. The summed E-state index contributed by atoms with van der Waals surface area (Å²) in [4.78, 5) is 21.2. The van der Waals surface area contributed by atoms with Gasteiger partial charge in [-0.25, -0.2) is 23.4 Å². The van der Waals surface area contributed by atoms with Crippen molar-refractivity contribution in [2.45, 2.75) is 0 Å². The third-order valence-corrected chi connectivity index (χ3v) is 4.65. The molecular formula is C19H12F2N6O. The lowest BCUT2D eigenvalue weighted by atomic mass is 9.96. The number of anilines is 1. The van der Waals surface area contributed by atoms with E-state index in [1.165, 1.54) is 30.6 Å². The van der Waals surface area contributed by atoms with Gasteiger partial charge < -0.3 is 0 Å². The van der Waals surface area contributed by atoms with Crippen LogP contribution < -0.4 is 10.9 Å². The molecule has 4 aromatic rings. The van der Waals surface area contributed by atoms with E-state index in [2.05, 4.69) is 25.9 Å². The monoisotopic (exact) mass is 378 g/mol. The predicted octanol–water partition coefficient (Wildman–Crippen LogP) is 3.05. The maximum Gasteiger partial charge on any atom is 0.270 e. The van der Waals surface area contributed by atoms with E-state index in [1.54, 1.807) is 23.9 Å². The quantitative estimate of drug-likeness (QED) is 0.560. The molecule has 0 saturated carbocycles. The second-order valence-corrected chi connectivity index (χ2v) is 6.35. The number of nitrogens with one attached hydrogen (secondary N) is 2. The van der Waals surface area contributed by atoms with Gasteiger partial charge in [0.15, 0.2) is 5.82 Å². The average Bonchev–Trinajstić information content (AvgIpc) is 3.10. The van der Waals surface area contributed by atoms with Crippen molar-refractivity contribution in [3.8, 4) is 22.6 Å². The van der Waals surface area contributed by atoms with Crippen molar-refractivity contribution in [3.63, 3.8) is 0 Å². The van der Waals surface area contributed by atoms with Crippen LogP contribution in [0.5, 0.6) is 0 Å². The van der Waals surface area contributed by atoms with E-state index in [1.807, 2.05) is 0 Å². The van der Waals surface area contributed by atoms with Crippen LogP contribution in [0.1, 0.15) is 10.4 Å². The van der Waals surface area contributed by atoms with Crippen molar-refractivity contribution in [1.82, 2.24) is 25.2 Å². The zero-order valence-electron chi connectivity index (χ0n) is 14.5. The fraction of sp³-hybridized carbons (Fsp3) is 0.0526. The molecule has 0 atom stereocenters. The topological polar surface area (TPSA) is 84.7 Å². The highest BCUT2D eigenvalue weighted by Gasteiger charge is 2.28. The zero-order chi connectivity index (χ0) is 19.4.